The lowest BCUT2D eigenvalue weighted by molar-refractivity contribution is -0.120. The average molecular weight is 469 g/mol. The van der Waals surface area contributed by atoms with Crippen LogP contribution in [-0.2, 0) is 11.2 Å². The number of rotatable bonds is 7. The van der Waals surface area contributed by atoms with Gasteiger partial charge in [-0.1, -0.05) is 24.3 Å². The first-order valence-corrected chi connectivity index (χ1v) is 12.6. The van der Waals surface area contributed by atoms with Gasteiger partial charge < -0.3 is 15.5 Å². The van der Waals surface area contributed by atoms with Gasteiger partial charge in [0.15, 0.2) is 0 Å². The zero-order valence-corrected chi connectivity index (χ0v) is 20.4. The minimum atomic E-state index is 0.0969. The highest BCUT2D eigenvalue weighted by molar-refractivity contribution is 5.79. The highest BCUT2D eigenvalue weighted by atomic mass is 16.1. The first-order chi connectivity index (χ1) is 17.0. The molecule has 3 aromatic rings. The Morgan fingerprint density at radius 1 is 1.06 bits per heavy atom. The third-order valence-corrected chi connectivity index (χ3v) is 7.49. The molecule has 2 aromatic carbocycles. The van der Waals surface area contributed by atoms with Crippen LogP contribution in [0.1, 0.15) is 30.4 Å². The van der Waals surface area contributed by atoms with Gasteiger partial charge in [0.1, 0.15) is 0 Å². The highest BCUT2D eigenvalue weighted by Crippen LogP contribution is 2.36. The van der Waals surface area contributed by atoms with E-state index < -0.39 is 0 Å². The summed E-state index contributed by atoms with van der Waals surface area (Å²) in [4.78, 5) is 26.3. The third kappa shape index (κ3) is 4.73. The standard InChI is InChI=1S/C28H32N6O/c1-18-13-22(9-10-26(18)34-17-23-15-24(34)16-33(23)2)31-28-29-12-11-25(32-28)20-5-3-19(4-6-20)14-27(35)30-21-7-8-21/h3-6,9-13,21,23-24H,7-8,14-17H2,1-2H3,(H,30,35)(H,29,31,32)/t23-,24-/m0/s1. The van der Waals surface area contributed by atoms with E-state index in [1.165, 1.54) is 17.7 Å². The van der Waals surface area contributed by atoms with Gasteiger partial charge in [-0.25, -0.2) is 9.97 Å². The van der Waals surface area contributed by atoms with Crippen LogP contribution in [0.25, 0.3) is 11.3 Å². The zero-order chi connectivity index (χ0) is 23.9. The second-order valence-electron chi connectivity index (χ2n) is 10.2. The number of aryl methyl sites for hydroxylation is 1. The number of likely N-dealkylation sites (tertiary alicyclic amines) is 1. The molecule has 0 radical (unpaired) electrons. The number of nitrogens with zero attached hydrogens (tertiary/aromatic N) is 4. The molecule has 2 atom stereocenters. The fourth-order valence-electron chi connectivity index (χ4n) is 5.41. The van der Waals surface area contributed by atoms with Crippen molar-refractivity contribution in [2.75, 3.05) is 30.4 Å². The van der Waals surface area contributed by atoms with Crippen LogP contribution in [0, 0.1) is 6.92 Å². The van der Waals surface area contributed by atoms with Gasteiger partial charge in [0.25, 0.3) is 0 Å². The molecule has 3 fully saturated rings. The van der Waals surface area contributed by atoms with E-state index in [1.807, 2.05) is 30.3 Å². The number of nitrogens with one attached hydrogen (secondary N) is 2. The summed E-state index contributed by atoms with van der Waals surface area (Å²) in [6.45, 7) is 4.45. The molecule has 1 saturated carbocycles. The molecule has 35 heavy (non-hydrogen) atoms. The number of carbonyl (C=O) groups is 1. The lowest BCUT2D eigenvalue weighted by atomic mass is 10.1. The Bertz CT molecular complexity index is 1240. The van der Waals surface area contributed by atoms with E-state index in [0.717, 1.165) is 48.4 Å². The van der Waals surface area contributed by atoms with Crippen molar-refractivity contribution in [2.45, 2.75) is 50.7 Å². The maximum absolute atomic E-state index is 12.1. The Labute approximate surface area is 206 Å². The largest absolute Gasteiger partial charge is 0.365 e. The predicted molar refractivity (Wildman–Crippen MR) is 139 cm³/mol. The van der Waals surface area contributed by atoms with Gasteiger partial charge in [-0.3, -0.25) is 9.69 Å². The molecule has 3 heterocycles. The van der Waals surface area contributed by atoms with E-state index in [4.69, 9.17) is 4.98 Å². The summed E-state index contributed by atoms with van der Waals surface area (Å²) in [5, 5.41) is 6.41. The van der Waals surface area contributed by atoms with Gasteiger partial charge in [-0.05, 0) is 68.6 Å². The molecule has 2 aliphatic heterocycles. The monoisotopic (exact) mass is 468 g/mol. The van der Waals surface area contributed by atoms with Crippen molar-refractivity contribution in [3.05, 3.63) is 65.9 Å². The van der Waals surface area contributed by atoms with E-state index in [-0.39, 0.29) is 5.91 Å². The summed E-state index contributed by atoms with van der Waals surface area (Å²) < 4.78 is 0. The third-order valence-electron chi connectivity index (χ3n) is 7.49. The van der Waals surface area contributed by atoms with Crippen LogP contribution in [0.3, 0.4) is 0 Å². The number of benzene rings is 2. The van der Waals surface area contributed by atoms with Crippen LogP contribution in [0.4, 0.5) is 17.3 Å². The van der Waals surface area contributed by atoms with Gasteiger partial charge in [-0.2, -0.15) is 0 Å². The summed E-state index contributed by atoms with van der Waals surface area (Å²) in [5.41, 5.74) is 6.44. The quantitative estimate of drug-likeness (QED) is 0.548. The summed E-state index contributed by atoms with van der Waals surface area (Å²) in [6.07, 6.45) is 5.68. The topological polar surface area (TPSA) is 73.4 Å². The lowest BCUT2D eigenvalue weighted by Gasteiger charge is -2.34. The molecule has 180 valence electrons. The van der Waals surface area contributed by atoms with Crippen molar-refractivity contribution in [3.63, 3.8) is 0 Å². The summed E-state index contributed by atoms with van der Waals surface area (Å²) >= 11 is 0. The van der Waals surface area contributed by atoms with Crippen molar-refractivity contribution in [1.82, 2.24) is 20.2 Å². The molecular formula is C28H32N6O. The van der Waals surface area contributed by atoms with Crippen LogP contribution in [0.5, 0.6) is 0 Å². The van der Waals surface area contributed by atoms with Gasteiger partial charge in [0, 0.05) is 54.4 Å². The maximum Gasteiger partial charge on any atom is 0.227 e. The molecule has 2 N–H and O–H groups in total. The van der Waals surface area contributed by atoms with Crippen LogP contribution in [-0.4, -0.2) is 59.0 Å². The molecule has 2 bridgehead atoms. The molecule has 3 aliphatic rings. The Balaban J connectivity index is 1.12. The maximum atomic E-state index is 12.1. The Kier molecular flexibility index (Phi) is 5.65. The Morgan fingerprint density at radius 2 is 1.89 bits per heavy atom. The number of aromatic nitrogens is 2. The fraction of sp³-hybridized carbons (Fsp3) is 0.393. The summed E-state index contributed by atoms with van der Waals surface area (Å²) in [6, 6.07) is 18.2. The van der Waals surface area contributed by atoms with Crippen molar-refractivity contribution < 1.29 is 4.79 Å². The van der Waals surface area contributed by atoms with Gasteiger partial charge in [0.05, 0.1) is 12.1 Å². The molecule has 1 aliphatic carbocycles. The van der Waals surface area contributed by atoms with E-state index >= 15 is 0 Å². The molecule has 6 rings (SSSR count). The number of anilines is 3. The zero-order valence-electron chi connectivity index (χ0n) is 20.4. The van der Waals surface area contributed by atoms with Crippen molar-refractivity contribution >= 4 is 23.2 Å². The normalized spacial score (nSPS) is 21.4. The van der Waals surface area contributed by atoms with Gasteiger partial charge in [-0.15, -0.1) is 0 Å². The average Bonchev–Trinajstić information content (AvgIpc) is 3.45. The Morgan fingerprint density at radius 3 is 2.57 bits per heavy atom. The second-order valence-corrected chi connectivity index (χ2v) is 10.2. The van der Waals surface area contributed by atoms with Crippen LogP contribution >= 0.6 is 0 Å². The number of fused-ring (bicyclic) bond motifs is 2. The van der Waals surface area contributed by atoms with Crippen LogP contribution in [0.15, 0.2) is 54.7 Å². The van der Waals surface area contributed by atoms with E-state index in [2.05, 4.69) is 57.6 Å². The molecule has 7 nitrogen and oxygen atoms in total. The molecule has 1 aromatic heterocycles. The number of piperazine rings is 1. The van der Waals surface area contributed by atoms with Crippen molar-refractivity contribution in [2.24, 2.45) is 0 Å². The second kappa shape index (κ2) is 8.96. The minimum Gasteiger partial charge on any atom is -0.365 e. The lowest BCUT2D eigenvalue weighted by Crippen LogP contribution is -2.44. The van der Waals surface area contributed by atoms with Gasteiger partial charge in [0.2, 0.25) is 11.9 Å². The summed E-state index contributed by atoms with van der Waals surface area (Å²) in [5.74, 6) is 0.670. The Hall–Kier alpha value is -3.45. The molecule has 0 unspecified atom stereocenters. The number of amides is 1. The number of hydrogen-bond donors (Lipinski definition) is 2. The van der Waals surface area contributed by atoms with E-state index in [0.29, 0.717) is 30.5 Å². The molecular weight excluding hydrogens is 436 g/mol. The molecule has 0 spiro atoms. The van der Waals surface area contributed by atoms with E-state index in [9.17, 15) is 4.79 Å². The minimum absolute atomic E-state index is 0.0969. The number of hydrogen-bond acceptors (Lipinski definition) is 6. The van der Waals surface area contributed by atoms with Crippen molar-refractivity contribution in [3.8, 4) is 11.3 Å². The molecule has 1 amide bonds. The first kappa shape index (κ1) is 22.0. The van der Waals surface area contributed by atoms with Crippen LogP contribution in [0.2, 0.25) is 0 Å². The van der Waals surface area contributed by atoms with E-state index in [1.54, 1.807) is 6.20 Å². The van der Waals surface area contributed by atoms with Crippen molar-refractivity contribution in [1.29, 1.82) is 0 Å². The molecule has 2 saturated heterocycles. The summed E-state index contributed by atoms with van der Waals surface area (Å²) in [7, 11) is 2.23. The smallest absolute Gasteiger partial charge is 0.227 e. The SMILES string of the molecule is Cc1cc(Nc2nccc(-c3ccc(CC(=O)NC4CC4)cc3)n2)ccc1N1C[C@@H]2C[C@H]1CN2C. The number of likely N-dealkylation sites (N-methyl/N-ethyl adjacent to an activating group) is 1. The predicted octanol–water partition coefficient (Wildman–Crippen LogP) is 3.91. The number of carbonyl (C=O) groups excluding carboxylic acids is 1. The fourth-order valence-corrected chi connectivity index (χ4v) is 5.41. The van der Waals surface area contributed by atoms with Crippen LogP contribution < -0.4 is 15.5 Å². The molecule has 7 heteroatoms. The van der Waals surface area contributed by atoms with Gasteiger partial charge >= 0.3 is 0 Å². The highest BCUT2D eigenvalue weighted by Gasteiger charge is 2.41. The first-order valence-electron chi connectivity index (χ1n) is 12.6.